The number of carbonyl (C=O) groups is 1. The molecule has 0 fully saturated rings. The largest absolute Gasteiger partial charge is 0.481 e. The van der Waals surface area contributed by atoms with Crippen molar-refractivity contribution in [3.05, 3.63) is 70.1 Å². The van der Waals surface area contributed by atoms with Crippen molar-refractivity contribution in [1.29, 1.82) is 0 Å². The average Bonchev–Trinajstić information content (AvgIpc) is 2.54. The van der Waals surface area contributed by atoms with Crippen molar-refractivity contribution in [1.82, 2.24) is 4.98 Å². The van der Waals surface area contributed by atoms with E-state index in [9.17, 15) is 9.90 Å². The molecule has 5 heteroatoms. The first-order valence-corrected chi connectivity index (χ1v) is 8.43. The summed E-state index contributed by atoms with van der Waals surface area (Å²) in [5, 5.41) is 9.83. The molecular weight excluding hydrogens is 368 g/mol. The van der Waals surface area contributed by atoms with Gasteiger partial charge in [0.15, 0.2) is 0 Å². The van der Waals surface area contributed by atoms with Crippen LogP contribution in [0.15, 0.2) is 64.0 Å². The van der Waals surface area contributed by atoms with Gasteiger partial charge in [-0.1, -0.05) is 34.1 Å². The first-order chi connectivity index (χ1) is 11.5. The molecule has 3 rings (SSSR count). The predicted molar refractivity (Wildman–Crippen MR) is 97.9 cm³/mol. The van der Waals surface area contributed by atoms with Gasteiger partial charge >= 0.3 is 5.97 Å². The van der Waals surface area contributed by atoms with Crippen molar-refractivity contribution in [2.45, 2.75) is 19.8 Å². The van der Waals surface area contributed by atoms with Crippen LogP contribution in [0.25, 0.3) is 5.57 Å². The molecule has 2 heterocycles. The molecule has 2 aromatic rings. The van der Waals surface area contributed by atoms with Gasteiger partial charge in [0.1, 0.15) is 5.92 Å². The van der Waals surface area contributed by atoms with Crippen molar-refractivity contribution >= 4 is 33.2 Å². The summed E-state index contributed by atoms with van der Waals surface area (Å²) in [4.78, 5) is 20.7. The van der Waals surface area contributed by atoms with Gasteiger partial charge < -0.3 is 5.11 Å². The Morgan fingerprint density at radius 2 is 2.00 bits per heavy atom. The van der Waals surface area contributed by atoms with Gasteiger partial charge in [-0.05, 0) is 48.7 Å². The van der Waals surface area contributed by atoms with Crippen LogP contribution in [0.3, 0.4) is 0 Å². The number of carboxylic acid groups (broad SMARTS) is 1. The standard InChI is InChI=1S/C19H17BrN2O2/c1-11-16(14-6-4-8-21-10-14)18(13-5-3-7-15(20)9-13)17(19(23)24)12(2)22-11/h3-10,17-18H,1-2H3,(H,23,24). The Bertz CT molecular complexity index is 843. The van der Waals surface area contributed by atoms with Crippen molar-refractivity contribution in [2.24, 2.45) is 10.9 Å². The smallest absolute Gasteiger partial charge is 0.313 e. The fourth-order valence-corrected chi connectivity index (χ4v) is 3.74. The van der Waals surface area contributed by atoms with Crippen LogP contribution >= 0.6 is 15.9 Å². The zero-order valence-electron chi connectivity index (χ0n) is 13.4. The first-order valence-electron chi connectivity index (χ1n) is 7.63. The zero-order valence-corrected chi connectivity index (χ0v) is 15.0. The Kier molecular flexibility index (Phi) is 4.62. The lowest BCUT2D eigenvalue weighted by atomic mass is 9.74. The summed E-state index contributed by atoms with van der Waals surface area (Å²) in [7, 11) is 0. The van der Waals surface area contributed by atoms with Crippen LogP contribution in [0.5, 0.6) is 0 Å². The summed E-state index contributed by atoms with van der Waals surface area (Å²) in [5.74, 6) is -1.87. The number of halogens is 1. The highest BCUT2D eigenvalue weighted by Crippen LogP contribution is 2.44. The van der Waals surface area contributed by atoms with E-state index in [1.165, 1.54) is 0 Å². The molecule has 0 aliphatic carbocycles. The van der Waals surface area contributed by atoms with E-state index in [1.54, 1.807) is 19.3 Å². The van der Waals surface area contributed by atoms with E-state index in [0.717, 1.165) is 26.9 Å². The number of aliphatic imine (C=N–C) groups is 1. The van der Waals surface area contributed by atoms with E-state index in [1.807, 2.05) is 43.3 Å². The zero-order chi connectivity index (χ0) is 17.3. The molecule has 0 radical (unpaired) electrons. The molecule has 4 nitrogen and oxygen atoms in total. The maximum atomic E-state index is 12.0. The third kappa shape index (κ3) is 3.04. The summed E-state index contributed by atoms with van der Waals surface area (Å²) in [6.45, 7) is 3.71. The number of rotatable bonds is 3. The molecule has 122 valence electrons. The van der Waals surface area contributed by atoms with Gasteiger partial charge in [0.2, 0.25) is 0 Å². The minimum Gasteiger partial charge on any atom is -0.481 e. The predicted octanol–water partition coefficient (Wildman–Crippen LogP) is 4.53. The van der Waals surface area contributed by atoms with Crippen LogP contribution in [-0.2, 0) is 4.79 Å². The van der Waals surface area contributed by atoms with Crippen molar-refractivity contribution < 1.29 is 9.90 Å². The Morgan fingerprint density at radius 1 is 1.21 bits per heavy atom. The van der Waals surface area contributed by atoms with Gasteiger partial charge in [-0.25, -0.2) is 0 Å². The molecule has 1 aliphatic heterocycles. The van der Waals surface area contributed by atoms with Crippen molar-refractivity contribution in [3.8, 4) is 0 Å². The van der Waals surface area contributed by atoms with Gasteiger partial charge in [0.25, 0.3) is 0 Å². The number of benzene rings is 1. The number of allylic oxidation sites excluding steroid dienone is 2. The molecule has 0 saturated carbocycles. The highest BCUT2D eigenvalue weighted by Gasteiger charge is 2.38. The van der Waals surface area contributed by atoms with Crippen LogP contribution in [0, 0.1) is 5.92 Å². The molecule has 0 saturated heterocycles. The Hall–Kier alpha value is -2.27. The second-order valence-electron chi connectivity index (χ2n) is 5.84. The fourth-order valence-electron chi connectivity index (χ4n) is 3.32. The third-order valence-electron chi connectivity index (χ3n) is 4.27. The molecule has 1 aromatic heterocycles. The number of aliphatic carboxylic acids is 1. The Labute approximate surface area is 149 Å². The number of aromatic nitrogens is 1. The number of nitrogens with zero attached hydrogens (tertiary/aromatic N) is 2. The minimum atomic E-state index is -0.866. The summed E-state index contributed by atoms with van der Waals surface area (Å²) in [5.41, 5.74) is 4.23. The first kappa shape index (κ1) is 16.6. The van der Waals surface area contributed by atoms with Crippen LogP contribution in [-0.4, -0.2) is 21.8 Å². The topological polar surface area (TPSA) is 62.5 Å². The van der Waals surface area contributed by atoms with Gasteiger partial charge in [0.05, 0.1) is 0 Å². The summed E-state index contributed by atoms with van der Waals surface area (Å²) in [6.07, 6.45) is 3.47. The molecule has 0 bridgehead atoms. The van der Waals surface area contributed by atoms with Gasteiger partial charge in [0, 0.05) is 34.2 Å². The lowest BCUT2D eigenvalue weighted by Crippen LogP contribution is -2.32. The molecule has 1 N–H and O–H groups in total. The molecule has 24 heavy (non-hydrogen) atoms. The lowest BCUT2D eigenvalue weighted by molar-refractivity contribution is -0.139. The summed E-state index contributed by atoms with van der Waals surface area (Å²) >= 11 is 3.49. The maximum Gasteiger partial charge on any atom is 0.313 e. The van der Waals surface area contributed by atoms with Crippen molar-refractivity contribution in [2.75, 3.05) is 0 Å². The monoisotopic (exact) mass is 384 g/mol. The molecule has 0 spiro atoms. The minimum absolute atomic E-state index is 0.304. The van der Waals surface area contributed by atoms with E-state index in [-0.39, 0.29) is 5.92 Å². The van der Waals surface area contributed by atoms with E-state index in [4.69, 9.17) is 0 Å². The third-order valence-corrected chi connectivity index (χ3v) is 4.77. The van der Waals surface area contributed by atoms with Gasteiger partial charge in [-0.3, -0.25) is 14.8 Å². The molecule has 2 unspecified atom stereocenters. The lowest BCUT2D eigenvalue weighted by Gasteiger charge is -2.32. The van der Waals surface area contributed by atoms with Gasteiger partial charge in [-0.2, -0.15) is 0 Å². The number of hydrogen-bond donors (Lipinski definition) is 1. The maximum absolute atomic E-state index is 12.0. The number of hydrogen-bond acceptors (Lipinski definition) is 3. The van der Waals surface area contributed by atoms with Crippen LogP contribution in [0.4, 0.5) is 0 Å². The fraction of sp³-hybridized carbons (Fsp3) is 0.211. The highest BCUT2D eigenvalue weighted by atomic mass is 79.9. The van der Waals surface area contributed by atoms with E-state index in [0.29, 0.717) is 5.71 Å². The SMILES string of the molecule is CC1=NC(C)=C(c2cccnc2)C(c2cccc(Br)c2)C1C(=O)O. The normalized spacial score (nSPS) is 20.7. The highest BCUT2D eigenvalue weighted by molar-refractivity contribution is 9.10. The van der Waals surface area contributed by atoms with Crippen LogP contribution < -0.4 is 0 Å². The second-order valence-corrected chi connectivity index (χ2v) is 6.76. The summed E-state index contributed by atoms with van der Waals surface area (Å²) in [6, 6.07) is 11.6. The Morgan fingerprint density at radius 3 is 2.62 bits per heavy atom. The van der Waals surface area contributed by atoms with Crippen LogP contribution in [0.2, 0.25) is 0 Å². The second kappa shape index (κ2) is 6.69. The molecular formula is C19H17BrN2O2. The molecule has 2 atom stereocenters. The van der Waals surface area contributed by atoms with Crippen LogP contribution in [0.1, 0.15) is 30.9 Å². The molecule has 1 aliphatic rings. The number of pyridine rings is 1. The van der Waals surface area contributed by atoms with Crippen molar-refractivity contribution in [3.63, 3.8) is 0 Å². The quantitative estimate of drug-likeness (QED) is 0.844. The van der Waals surface area contributed by atoms with E-state index < -0.39 is 11.9 Å². The summed E-state index contributed by atoms with van der Waals surface area (Å²) < 4.78 is 0.924. The average molecular weight is 385 g/mol. The van der Waals surface area contributed by atoms with E-state index in [2.05, 4.69) is 25.9 Å². The van der Waals surface area contributed by atoms with E-state index >= 15 is 0 Å². The Balaban J connectivity index is 2.25. The molecule has 0 amide bonds. The number of carboxylic acids is 1. The van der Waals surface area contributed by atoms with Gasteiger partial charge in [-0.15, -0.1) is 0 Å². The molecule has 1 aromatic carbocycles.